The first-order chi connectivity index (χ1) is 12.7. The molecule has 7 heteroatoms. The van der Waals surface area contributed by atoms with Crippen LogP contribution in [0.3, 0.4) is 0 Å². The van der Waals surface area contributed by atoms with E-state index < -0.39 is 38.4 Å². The fourth-order valence-electron chi connectivity index (χ4n) is 2.34. The second-order valence-corrected chi connectivity index (χ2v) is 18.5. The Kier molecular flexibility index (Phi) is 5.95. The first-order valence-corrected chi connectivity index (χ1v) is 16.5. The van der Waals surface area contributed by atoms with Crippen molar-refractivity contribution in [2.45, 2.75) is 31.5 Å². The molecule has 1 heterocycles. The number of rotatable bonds is 6. The van der Waals surface area contributed by atoms with Gasteiger partial charge in [-0.1, -0.05) is 0 Å². The van der Waals surface area contributed by atoms with Crippen molar-refractivity contribution in [3.05, 3.63) is 79.6 Å². The van der Waals surface area contributed by atoms with E-state index in [-0.39, 0.29) is 4.90 Å². The third-order valence-electron chi connectivity index (χ3n) is 3.87. The van der Waals surface area contributed by atoms with Crippen molar-refractivity contribution in [2.75, 3.05) is 0 Å². The van der Waals surface area contributed by atoms with E-state index in [4.69, 9.17) is 6.93 Å². The van der Waals surface area contributed by atoms with Crippen LogP contribution >= 0.6 is 20.2 Å². The van der Waals surface area contributed by atoms with Gasteiger partial charge in [0.1, 0.15) is 0 Å². The summed E-state index contributed by atoms with van der Waals surface area (Å²) in [6.07, 6.45) is 0. The molecular weight excluding hydrogens is 491 g/mol. The zero-order chi connectivity index (χ0) is 19.7. The van der Waals surface area contributed by atoms with Crippen LogP contribution in [0.5, 0.6) is 0 Å². The molecule has 0 atom stereocenters. The zero-order valence-corrected chi connectivity index (χ0v) is 19.7. The molecule has 0 N–H and O–H groups in total. The van der Waals surface area contributed by atoms with Gasteiger partial charge in [-0.15, -0.1) is 0 Å². The number of furan rings is 1. The van der Waals surface area contributed by atoms with E-state index >= 15 is 0 Å². The van der Waals surface area contributed by atoms with E-state index in [0.29, 0.717) is 3.77 Å². The van der Waals surface area contributed by atoms with Gasteiger partial charge in [-0.3, -0.25) is 0 Å². The second kappa shape index (κ2) is 7.90. The van der Waals surface area contributed by atoms with Gasteiger partial charge in [-0.2, -0.15) is 0 Å². The average Bonchev–Trinajstić information content (AvgIpc) is 3.11. The molecule has 144 valence electrons. The van der Waals surface area contributed by atoms with Crippen molar-refractivity contribution < 1.29 is 15.3 Å². The van der Waals surface area contributed by atoms with Gasteiger partial charge in [-0.05, 0) is 0 Å². The molecule has 3 rings (SSSR count). The van der Waals surface area contributed by atoms with Crippen molar-refractivity contribution in [3.8, 4) is 0 Å². The van der Waals surface area contributed by atoms with E-state index in [1.165, 1.54) is 0 Å². The summed E-state index contributed by atoms with van der Waals surface area (Å²) < 4.78 is 39.2. The summed E-state index contributed by atoms with van der Waals surface area (Å²) in [6, 6.07) is 20.1. The minimum atomic E-state index is -3.88. The molecule has 0 aliphatic heterocycles. The topological polar surface area (TPSA) is 56.5 Å². The van der Waals surface area contributed by atoms with Crippen molar-refractivity contribution in [3.63, 3.8) is 0 Å². The quantitative estimate of drug-likeness (QED) is 0.343. The van der Waals surface area contributed by atoms with Gasteiger partial charge < -0.3 is 0 Å². The fourth-order valence-corrected chi connectivity index (χ4v) is 10.2. The van der Waals surface area contributed by atoms with Crippen molar-refractivity contribution >= 4 is 43.8 Å². The summed E-state index contributed by atoms with van der Waals surface area (Å²) in [7, 11) is -5.51. The van der Waals surface area contributed by atoms with Crippen molar-refractivity contribution in [2.24, 2.45) is 0 Å². The van der Waals surface area contributed by atoms with Gasteiger partial charge in [0, 0.05) is 0 Å². The summed E-state index contributed by atoms with van der Waals surface area (Å²) in [5.74, 6) is 0. The zero-order valence-electron chi connectivity index (χ0n) is 15.8. The fraction of sp³-hybridized carbons (Fsp3) is 0.200. The third kappa shape index (κ3) is 4.90. The van der Waals surface area contributed by atoms with Crippen molar-refractivity contribution in [1.82, 2.24) is 0 Å². The van der Waals surface area contributed by atoms with Crippen LogP contribution in [0, 0.1) is 14.3 Å². The third-order valence-corrected chi connectivity index (χ3v) is 12.7. The maximum absolute atomic E-state index is 12.9. The van der Waals surface area contributed by atoms with Gasteiger partial charge in [-0.25, -0.2) is 0 Å². The van der Waals surface area contributed by atoms with Crippen LogP contribution in [-0.4, -0.2) is 16.5 Å². The van der Waals surface area contributed by atoms with Crippen LogP contribution in [0.15, 0.2) is 76.0 Å². The second-order valence-electron chi connectivity index (χ2n) is 7.23. The molecule has 0 spiro atoms. The van der Waals surface area contributed by atoms with Gasteiger partial charge in [0.2, 0.25) is 0 Å². The standard InChI is InChI=1S/C20H23IO4SSi/c1-16-10-12-18(13-11-16)26(22,23)25-21(17-8-6-5-7-9-17)19-14-15-20(24-19)27(2,3)4/h5-15H,1-4H3. The Labute approximate surface area is 169 Å². The number of aryl methyl sites for hydroxylation is 1. The summed E-state index contributed by atoms with van der Waals surface area (Å²) in [6.45, 7) is 8.50. The van der Waals surface area contributed by atoms with E-state index in [9.17, 15) is 8.42 Å². The summed E-state index contributed by atoms with van der Waals surface area (Å²) in [5, 5.41) is 0.951. The monoisotopic (exact) mass is 514 g/mol. The molecule has 3 aromatic rings. The molecule has 0 saturated heterocycles. The summed E-state index contributed by atoms with van der Waals surface area (Å²) >= 11 is -2.76. The summed E-state index contributed by atoms with van der Waals surface area (Å²) in [5.41, 5.74) is 0.998. The van der Waals surface area contributed by atoms with Gasteiger partial charge in [0.15, 0.2) is 0 Å². The predicted octanol–water partition coefficient (Wildman–Crippen LogP) is 5.00. The Hall–Kier alpha value is -1.42. The molecule has 2 aromatic carbocycles. The van der Waals surface area contributed by atoms with Gasteiger partial charge in [0.05, 0.1) is 0 Å². The van der Waals surface area contributed by atoms with Gasteiger partial charge >= 0.3 is 170 Å². The van der Waals surface area contributed by atoms with E-state index in [1.807, 2.05) is 49.4 Å². The first-order valence-electron chi connectivity index (χ1n) is 8.54. The molecule has 0 bridgehead atoms. The molecule has 4 nitrogen and oxygen atoms in total. The Morgan fingerprint density at radius 2 is 1.52 bits per heavy atom. The van der Waals surface area contributed by atoms with E-state index in [1.54, 1.807) is 24.3 Å². The number of hydrogen-bond donors (Lipinski definition) is 0. The molecule has 0 amide bonds. The van der Waals surface area contributed by atoms with Crippen LogP contribution in [-0.2, 0) is 12.6 Å². The number of halogens is 1. The predicted molar refractivity (Wildman–Crippen MR) is 119 cm³/mol. The maximum atomic E-state index is 12.9. The molecule has 0 aliphatic carbocycles. The van der Waals surface area contributed by atoms with Crippen LogP contribution in [0.2, 0.25) is 19.6 Å². The number of benzene rings is 2. The van der Waals surface area contributed by atoms with Crippen LogP contribution < -0.4 is 5.38 Å². The molecule has 0 fully saturated rings. The Morgan fingerprint density at radius 1 is 0.889 bits per heavy atom. The molecule has 0 saturated carbocycles. The Bertz CT molecular complexity index is 1010. The van der Waals surface area contributed by atoms with Crippen molar-refractivity contribution in [1.29, 1.82) is 0 Å². The van der Waals surface area contributed by atoms with Crippen LogP contribution in [0.1, 0.15) is 5.56 Å². The first kappa shape index (κ1) is 20.3. The molecule has 0 aliphatic rings. The molecule has 1 aromatic heterocycles. The van der Waals surface area contributed by atoms with Crippen LogP contribution in [0.25, 0.3) is 0 Å². The van der Waals surface area contributed by atoms with Gasteiger partial charge in [0.25, 0.3) is 0 Å². The minimum absolute atomic E-state index is 0.170. The molecule has 27 heavy (non-hydrogen) atoms. The van der Waals surface area contributed by atoms with Crippen LogP contribution in [0.4, 0.5) is 0 Å². The summed E-state index contributed by atoms with van der Waals surface area (Å²) in [4.78, 5) is 0.170. The van der Waals surface area contributed by atoms with E-state index in [2.05, 4.69) is 19.6 Å². The van der Waals surface area contributed by atoms with E-state index in [0.717, 1.165) is 14.5 Å². The molecule has 0 unspecified atom stereocenters. The SMILES string of the molecule is Cc1ccc(S(=O)(=O)OI(c2ccccc2)c2ccc([Si](C)(C)C)o2)cc1. The normalized spacial score (nSPS) is 12.8. The Morgan fingerprint density at radius 3 is 2.07 bits per heavy atom. The average molecular weight is 514 g/mol. The Balaban J connectivity index is 2.01. The molecular formula is C20H23IO4SSi. The molecule has 0 radical (unpaired) electrons. The number of hydrogen-bond acceptors (Lipinski definition) is 4.